The van der Waals surface area contributed by atoms with Crippen molar-refractivity contribution in [1.29, 1.82) is 0 Å². The molecule has 1 heterocycles. The van der Waals surface area contributed by atoms with Gasteiger partial charge < -0.3 is 10.2 Å². The summed E-state index contributed by atoms with van der Waals surface area (Å²) in [7, 11) is 0. The first-order valence-corrected chi connectivity index (χ1v) is 9.30. The van der Waals surface area contributed by atoms with Crippen LogP contribution in [0.2, 0.25) is 10.0 Å². The van der Waals surface area contributed by atoms with Crippen molar-refractivity contribution in [3.63, 3.8) is 0 Å². The Kier molecular flexibility index (Phi) is 6.81. The summed E-state index contributed by atoms with van der Waals surface area (Å²) >= 11 is 13.4. The Morgan fingerprint density at radius 2 is 2.04 bits per heavy atom. The second-order valence-corrected chi connectivity index (χ2v) is 8.11. The van der Waals surface area contributed by atoms with Crippen LogP contribution in [-0.4, -0.2) is 34.8 Å². The highest BCUT2D eigenvalue weighted by atomic mass is 35.5. The Labute approximate surface area is 161 Å². The number of carbonyl (C=O) groups is 2. The molecule has 134 valence electrons. The van der Waals surface area contributed by atoms with Gasteiger partial charge in [-0.2, -0.15) is 0 Å². The lowest BCUT2D eigenvalue weighted by Crippen LogP contribution is -2.40. The van der Waals surface area contributed by atoms with Crippen LogP contribution >= 0.6 is 34.5 Å². The molecular weight excluding hydrogens is 381 g/mol. The second-order valence-electron chi connectivity index (χ2n) is 6.03. The van der Waals surface area contributed by atoms with Gasteiger partial charge in [-0.15, -0.1) is 11.3 Å². The van der Waals surface area contributed by atoms with Crippen molar-refractivity contribution in [3.8, 4) is 0 Å². The molecule has 2 amide bonds. The fourth-order valence-corrected chi connectivity index (χ4v) is 3.41. The van der Waals surface area contributed by atoms with E-state index in [4.69, 9.17) is 23.2 Å². The zero-order valence-corrected chi connectivity index (χ0v) is 16.5. The summed E-state index contributed by atoms with van der Waals surface area (Å²) in [5.74, 6) is -0.404. The molecule has 1 aromatic carbocycles. The van der Waals surface area contributed by atoms with Gasteiger partial charge >= 0.3 is 0 Å². The van der Waals surface area contributed by atoms with Crippen LogP contribution in [0, 0.1) is 12.8 Å². The molecule has 0 unspecified atom stereocenters. The smallest absolute Gasteiger partial charge is 0.255 e. The summed E-state index contributed by atoms with van der Waals surface area (Å²) in [6.45, 7) is 6.22. The summed E-state index contributed by atoms with van der Waals surface area (Å²) in [4.78, 5) is 31.7. The van der Waals surface area contributed by atoms with Crippen molar-refractivity contribution >= 4 is 51.5 Å². The van der Waals surface area contributed by atoms with E-state index in [1.165, 1.54) is 22.3 Å². The summed E-state index contributed by atoms with van der Waals surface area (Å²) in [6.07, 6.45) is 1.69. The number of hydrogen-bond donors (Lipinski definition) is 1. The Hall–Kier alpha value is -1.63. The number of anilines is 1. The monoisotopic (exact) mass is 399 g/mol. The number of halogens is 2. The van der Waals surface area contributed by atoms with E-state index in [2.05, 4.69) is 10.3 Å². The highest BCUT2D eigenvalue weighted by molar-refractivity contribution is 7.15. The molecule has 5 nitrogen and oxygen atoms in total. The molecule has 0 saturated heterocycles. The van der Waals surface area contributed by atoms with Crippen molar-refractivity contribution in [2.45, 2.75) is 20.8 Å². The minimum absolute atomic E-state index is 0.0748. The third kappa shape index (κ3) is 5.70. The van der Waals surface area contributed by atoms with E-state index in [0.717, 1.165) is 4.88 Å². The van der Waals surface area contributed by atoms with Gasteiger partial charge in [0, 0.05) is 22.6 Å². The number of nitrogens with one attached hydrogen (secondary N) is 1. The molecule has 0 aliphatic carbocycles. The lowest BCUT2D eigenvalue weighted by Gasteiger charge is -2.24. The lowest BCUT2D eigenvalue weighted by molar-refractivity contribution is -0.117. The maximum atomic E-state index is 12.8. The van der Waals surface area contributed by atoms with Crippen molar-refractivity contribution in [1.82, 2.24) is 9.88 Å². The molecule has 0 bridgehead atoms. The molecule has 0 aliphatic heterocycles. The van der Waals surface area contributed by atoms with E-state index in [1.807, 2.05) is 20.8 Å². The number of amides is 2. The van der Waals surface area contributed by atoms with Crippen LogP contribution < -0.4 is 5.32 Å². The van der Waals surface area contributed by atoms with Crippen LogP contribution in [0.4, 0.5) is 5.13 Å². The predicted molar refractivity (Wildman–Crippen MR) is 103 cm³/mol. The number of aromatic nitrogens is 1. The molecule has 1 aromatic heterocycles. The minimum Gasteiger partial charge on any atom is -0.329 e. The number of nitrogens with zero attached hydrogens (tertiary/aromatic N) is 2. The summed E-state index contributed by atoms with van der Waals surface area (Å²) in [5, 5.41) is 3.95. The summed E-state index contributed by atoms with van der Waals surface area (Å²) < 4.78 is 0. The maximum absolute atomic E-state index is 12.8. The Bertz CT molecular complexity index is 777. The Morgan fingerprint density at radius 3 is 2.60 bits per heavy atom. The second kappa shape index (κ2) is 8.65. The molecule has 0 atom stereocenters. The first kappa shape index (κ1) is 19.7. The molecule has 0 fully saturated rings. The van der Waals surface area contributed by atoms with E-state index in [9.17, 15) is 9.59 Å². The van der Waals surface area contributed by atoms with E-state index in [-0.39, 0.29) is 29.3 Å². The van der Waals surface area contributed by atoms with Gasteiger partial charge in [-0.3, -0.25) is 9.59 Å². The highest BCUT2D eigenvalue weighted by Crippen LogP contribution is 2.23. The Morgan fingerprint density at radius 1 is 1.32 bits per heavy atom. The molecule has 0 radical (unpaired) electrons. The van der Waals surface area contributed by atoms with Gasteiger partial charge in [-0.05, 0) is 31.0 Å². The van der Waals surface area contributed by atoms with E-state index < -0.39 is 0 Å². The van der Waals surface area contributed by atoms with Crippen LogP contribution in [-0.2, 0) is 4.79 Å². The van der Waals surface area contributed by atoms with Crippen LogP contribution in [0.25, 0.3) is 0 Å². The molecule has 8 heteroatoms. The third-order valence-electron chi connectivity index (χ3n) is 3.24. The predicted octanol–water partition coefficient (Wildman–Crippen LogP) is 4.50. The first-order valence-electron chi connectivity index (χ1n) is 7.73. The number of rotatable bonds is 6. The minimum atomic E-state index is -0.305. The van der Waals surface area contributed by atoms with Crippen molar-refractivity contribution in [2.24, 2.45) is 5.92 Å². The molecule has 0 spiro atoms. The Balaban J connectivity index is 2.14. The number of carbonyl (C=O) groups excluding carboxylic acids is 2. The molecule has 2 rings (SSSR count). The maximum Gasteiger partial charge on any atom is 0.255 e. The third-order valence-corrected chi connectivity index (χ3v) is 4.61. The number of hydrogen-bond acceptors (Lipinski definition) is 4. The van der Waals surface area contributed by atoms with Crippen molar-refractivity contribution < 1.29 is 9.59 Å². The van der Waals surface area contributed by atoms with Gasteiger partial charge in [0.05, 0.1) is 10.6 Å². The molecule has 2 aromatic rings. The van der Waals surface area contributed by atoms with Crippen LogP contribution in [0.5, 0.6) is 0 Å². The molecular formula is C17H19Cl2N3O2S. The summed E-state index contributed by atoms with van der Waals surface area (Å²) in [5.41, 5.74) is 0.324. The van der Waals surface area contributed by atoms with Crippen molar-refractivity contribution in [3.05, 3.63) is 44.9 Å². The fourth-order valence-electron chi connectivity index (χ4n) is 2.24. The number of benzene rings is 1. The van der Waals surface area contributed by atoms with E-state index >= 15 is 0 Å². The molecule has 0 aliphatic rings. The normalized spacial score (nSPS) is 10.8. The van der Waals surface area contributed by atoms with E-state index in [1.54, 1.807) is 18.3 Å². The first-order chi connectivity index (χ1) is 11.8. The van der Waals surface area contributed by atoms with Crippen LogP contribution in [0.3, 0.4) is 0 Å². The highest BCUT2D eigenvalue weighted by Gasteiger charge is 2.22. The van der Waals surface area contributed by atoms with Crippen molar-refractivity contribution in [2.75, 3.05) is 18.4 Å². The van der Waals surface area contributed by atoms with Gasteiger partial charge in [0.15, 0.2) is 5.13 Å². The lowest BCUT2D eigenvalue weighted by atomic mass is 10.1. The average Bonchev–Trinajstić information content (AvgIpc) is 2.90. The SMILES string of the molecule is Cc1cnc(NC(=O)CN(CC(C)C)C(=O)c2ccc(Cl)cc2Cl)s1. The number of aryl methyl sites for hydroxylation is 1. The molecule has 0 saturated carbocycles. The topological polar surface area (TPSA) is 62.3 Å². The average molecular weight is 400 g/mol. The van der Waals surface area contributed by atoms with Crippen LogP contribution in [0.15, 0.2) is 24.4 Å². The fraction of sp³-hybridized carbons (Fsp3) is 0.353. The summed E-state index contributed by atoms with van der Waals surface area (Å²) in [6, 6.07) is 4.69. The van der Waals surface area contributed by atoms with Gasteiger partial charge in [0.1, 0.15) is 6.54 Å². The number of thiazole rings is 1. The largest absolute Gasteiger partial charge is 0.329 e. The van der Waals surface area contributed by atoms with Gasteiger partial charge in [-0.1, -0.05) is 37.0 Å². The zero-order valence-electron chi connectivity index (χ0n) is 14.2. The van der Waals surface area contributed by atoms with Gasteiger partial charge in [0.2, 0.25) is 5.91 Å². The standard InChI is InChI=1S/C17H19Cl2N3O2S/c1-10(2)8-22(9-15(23)21-17-20-7-11(3)25-17)16(24)13-5-4-12(18)6-14(13)19/h4-7,10H,8-9H2,1-3H3,(H,20,21,23). The zero-order chi connectivity index (χ0) is 18.6. The van der Waals surface area contributed by atoms with Crippen LogP contribution in [0.1, 0.15) is 29.1 Å². The van der Waals surface area contributed by atoms with Gasteiger partial charge in [0.25, 0.3) is 5.91 Å². The quantitative estimate of drug-likeness (QED) is 0.777. The molecule has 1 N–H and O–H groups in total. The van der Waals surface area contributed by atoms with Gasteiger partial charge in [-0.25, -0.2) is 4.98 Å². The molecule has 25 heavy (non-hydrogen) atoms. The van der Waals surface area contributed by atoms with E-state index in [0.29, 0.717) is 22.3 Å².